The molecule has 1 aromatic heterocycles. The Hall–Kier alpha value is -2.70. The molecule has 0 radical (unpaired) electrons. The van der Waals surface area contributed by atoms with Crippen LogP contribution in [0.1, 0.15) is 53.7 Å². The van der Waals surface area contributed by atoms with Crippen LogP contribution in [0.25, 0.3) is 10.9 Å². The molecule has 0 aliphatic rings. The molecule has 2 rings (SSSR count). The zero-order valence-corrected chi connectivity index (χ0v) is 19.9. The maximum absolute atomic E-state index is 6.53. The Labute approximate surface area is 185 Å². The third kappa shape index (κ3) is 7.97. The molecule has 0 spiro atoms. The van der Waals surface area contributed by atoms with Gasteiger partial charge in [0.05, 0.1) is 10.7 Å². The first kappa shape index (κ1) is 27.3. The van der Waals surface area contributed by atoms with Gasteiger partial charge >= 0.3 is 0 Å². The monoisotopic (exact) mass is 430 g/mol. The second kappa shape index (κ2) is 15.2. The largest absolute Gasteiger partial charge is 0.359 e. The first-order valence-corrected chi connectivity index (χ1v) is 10.6. The molecule has 0 amide bonds. The quantitative estimate of drug-likeness (QED) is 0.207. The molecule has 6 nitrogen and oxygen atoms in total. The van der Waals surface area contributed by atoms with Crippen LogP contribution in [0, 0.1) is 6.92 Å². The van der Waals surface area contributed by atoms with Gasteiger partial charge in [0, 0.05) is 28.4 Å². The minimum absolute atomic E-state index is 0.409. The average molecular weight is 431 g/mol. The summed E-state index contributed by atoms with van der Waals surface area (Å²) in [5.41, 5.74) is 6.03. The molecule has 164 valence electrons. The Morgan fingerprint density at radius 2 is 1.93 bits per heavy atom. The highest BCUT2D eigenvalue weighted by molar-refractivity contribution is 6.38. The van der Waals surface area contributed by atoms with E-state index in [0.717, 1.165) is 22.3 Å². The second-order valence-electron chi connectivity index (χ2n) is 5.57. The zero-order valence-electron chi connectivity index (χ0n) is 19.2. The summed E-state index contributed by atoms with van der Waals surface area (Å²) in [6.45, 7) is 17.4. The third-order valence-electron chi connectivity index (χ3n) is 3.64. The number of hydrazine groups is 1. The van der Waals surface area contributed by atoms with Crippen molar-refractivity contribution >= 4 is 46.5 Å². The molecular weight excluding hydrogens is 396 g/mol. The molecular formula is C23H35ClN6. The molecule has 0 unspecified atom stereocenters. The molecule has 0 aliphatic heterocycles. The number of aromatic nitrogens is 1. The number of aryl methyl sites for hydroxylation is 1. The van der Waals surface area contributed by atoms with E-state index in [0.29, 0.717) is 28.8 Å². The number of nitrogens with zero attached hydrogens (tertiary/aromatic N) is 3. The number of benzene rings is 1. The summed E-state index contributed by atoms with van der Waals surface area (Å²) in [4.78, 5) is 16.2. The normalized spacial score (nSPS) is 12.2. The molecule has 2 aromatic rings. The number of nitrogens with one attached hydrogen (secondary N) is 2. The molecule has 0 saturated heterocycles. The summed E-state index contributed by atoms with van der Waals surface area (Å²) in [6, 6.07) is 5.87. The Balaban J connectivity index is 0.00000198. The van der Waals surface area contributed by atoms with Gasteiger partial charge in [-0.05, 0) is 51.3 Å². The van der Waals surface area contributed by atoms with Gasteiger partial charge in [0.15, 0.2) is 5.82 Å². The fourth-order valence-electron chi connectivity index (χ4n) is 2.41. The second-order valence-corrected chi connectivity index (χ2v) is 5.95. The lowest BCUT2D eigenvalue weighted by Crippen LogP contribution is -2.28. The third-order valence-corrected chi connectivity index (χ3v) is 4.04. The standard InChI is InChI=1S/C19H23ClN6.2C2H6/c1-5-7-17(26-21)25-18(22-4)11-13(6-2)24-16-9-8-15-14(19(16)20)10-12(3)23-15;2*1-2/h5,7-11,23H,4,6,21H2,1-3H3,(H,25,26);2*1-2H3/b7-5+,18-11+,24-13?;;. The van der Waals surface area contributed by atoms with E-state index >= 15 is 0 Å². The zero-order chi connectivity index (χ0) is 23.1. The van der Waals surface area contributed by atoms with E-state index in [1.54, 1.807) is 12.2 Å². The van der Waals surface area contributed by atoms with Gasteiger partial charge < -0.3 is 10.4 Å². The Bertz CT molecular complexity index is 919. The highest BCUT2D eigenvalue weighted by atomic mass is 35.5. The molecule has 0 atom stereocenters. The highest BCUT2D eigenvalue weighted by Crippen LogP contribution is 2.33. The van der Waals surface area contributed by atoms with E-state index in [4.69, 9.17) is 17.4 Å². The lowest BCUT2D eigenvalue weighted by molar-refractivity contribution is 1.02. The maximum Gasteiger partial charge on any atom is 0.155 e. The van der Waals surface area contributed by atoms with E-state index in [1.807, 2.05) is 72.7 Å². The lowest BCUT2D eigenvalue weighted by Gasteiger charge is -2.04. The van der Waals surface area contributed by atoms with Crippen molar-refractivity contribution < 1.29 is 0 Å². The van der Waals surface area contributed by atoms with Crippen LogP contribution in [-0.2, 0) is 0 Å². The summed E-state index contributed by atoms with van der Waals surface area (Å²) >= 11 is 6.53. The predicted octanol–water partition coefficient (Wildman–Crippen LogP) is 6.64. The molecule has 0 fully saturated rings. The van der Waals surface area contributed by atoms with Crippen molar-refractivity contribution in [3.63, 3.8) is 0 Å². The smallest absolute Gasteiger partial charge is 0.155 e. The number of H-pyrrole nitrogens is 1. The number of aromatic amines is 1. The molecule has 0 bridgehead atoms. The van der Waals surface area contributed by atoms with Crippen molar-refractivity contribution in [2.24, 2.45) is 20.8 Å². The van der Waals surface area contributed by atoms with Gasteiger partial charge in [-0.25, -0.2) is 15.8 Å². The lowest BCUT2D eigenvalue weighted by atomic mass is 10.2. The maximum atomic E-state index is 6.53. The minimum Gasteiger partial charge on any atom is -0.359 e. The van der Waals surface area contributed by atoms with Gasteiger partial charge in [0.1, 0.15) is 5.84 Å². The fraction of sp³-hybridized carbons (Fsp3) is 0.348. The van der Waals surface area contributed by atoms with Crippen LogP contribution in [0.2, 0.25) is 5.02 Å². The number of fused-ring (bicyclic) bond motifs is 1. The van der Waals surface area contributed by atoms with Crippen LogP contribution in [-0.4, -0.2) is 23.2 Å². The number of hydrogen-bond donors (Lipinski definition) is 3. The topological polar surface area (TPSA) is 90.9 Å². The van der Waals surface area contributed by atoms with Gasteiger partial charge in [-0.15, -0.1) is 0 Å². The van der Waals surface area contributed by atoms with Crippen molar-refractivity contribution in [1.29, 1.82) is 0 Å². The Morgan fingerprint density at radius 1 is 1.27 bits per heavy atom. The fourth-order valence-corrected chi connectivity index (χ4v) is 2.67. The molecule has 0 saturated carbocycles. The first-order chi connectivity index (χ1) is 14.5. The van der Waals surface area contributed by atoms with Gasteiger partial charge in [-0.2, -0.15) is 0 Å². The first-order valence-electron chi connectivity index (χ1n) is 10.2. The van der Waals surface area contributed by atoms with E-state index in [2.05, 4.69) is 32.1 Å². The molecule has 1 heterocycles. The van der Waals surface area contributed by atoms with E-state index in [-0.39, 0.29) is 0 Å². The van der Waals surface area contributed by atoms with Crippen molar-refractivity contribution in [3.8, 4) is 0 Å². The summed E-state index contributed by atoms with van der Waals surface area (Å²) < 4.78 is 0. The van der Waals surface area contributed by atoms with E-state index in [9.17, 15) is 0 Å². The van der Waals surface area contributed by atoms with Crippen LogP contribution < -0.4 is 11.3 Å². The van der Waals surface area contributed by atoms with Crippen molar-refractivity contribution in [3.05, 3.63) is 53.0 Å². The van der Waals surface area contributed by atoms with Crippen LogP contribution in [0.5, 0.6) is 0 Å². The van der Waals surface area contributed by atoms with Crippen molar-refractivity contribution in [2.75, 3.05) is 0 Å². The Morgan fingerprint density at radius 3 is 2.47 bits per heavy atom. The van der Waals surface area contributed by atoms with Crippen molar-refractivity contribution in [2.45, 2.75) is 54.9 Å². The summed E-state index contributed by atoms with van der Waals surface area (Å²) in [5.74, 6) is 6.34. The van der Waals surface area contributed by atoms with Crippen LogP contribution >= 0.6 is 11.6 Å². The molecule has 4 N–H and O–H groups in total. The van der Waals surface area contributed by atoms with E-state index in [1.165, 1.54) is 0 Å². The molecule has 30 heavy (non-hydrogen) atoms. The minimum atomic E-state index is 0.409. The highest BCUT2D eigenvalue weighted by Gasteiger charge is 2.08. The van der Waals surface area contributed by atoms with Crippen LogP contribution in [0.4, 0.5) is 5.69 Å². The SMILES string of the molecule is C=NC(=C\C(CC)=Nc1ccc2[nH]c(C)cc2c1Cl)/N=C(\C=C\C)NN.CC.CC. The van der Waals surface area contributed by atoms with Gasteiger partial charge in [0.2, 0.25) is 0 Å². The van der Waals surface area contributed by atoms with Gasteiger partial charge in [0.25, 0.3) is 0 Å². The number of aliphatic imine (C=N–C) groups is 3. The average Bonchev–Trinajstić information content (AvgIpc) is 3.17. The molecule has 1 aromatic carbocycles. The van der Waals surface area contributed by atoms with Crippen LogP contribution in [0.3, 0.4) is 0 Å². The Kier molecular flexibility index (Phi) is 13.8. The van der Waals surface area contributed by atoms with E-state index < -0.39 is 0 Å². The molecule has 0 aliphatic carbocycles. The number of halogens is 1. The number of rotatable bonds is 6. The summed E-state index contributed by atoms with van der Waals surface area (Å²) in [7, 11) is 0. The van der Waals surface area contributed by atoms with Gasteiger partial charge in [-0.1, -0.05) is 52.3 Å². The van der Waals surface area contributed by atoms with Crippen molar-refractivity contribution in [1.82, 2.24) is 10.4 Å². The van der Waals surface area contributed by atoms with Crippen LogP contribution in [0.15, 0.2) is 57.2 Å². The summed E-state index contributed by atoms with van der Waals surface area (Å²) in [6.07, 6.45) is 6.00. The predicted molar refractivity (Wildman–Crippen MR) is 135 cm³/mol. The molecule has 7 heteroatoms. The number of nitrogens with two attached hydrogens (primary N) is 1. The van der Waals surface area contributed by atoms with Gasteiger partial charge in [-0.3, -0.25) is 4.99 Å². The summed E-state index contributed by atoms with van der Waals surface area (Å²) in [5, 5.41) is 1.56. The number of amidine groups is 1. The number of allylic oxidation sites excluding steroid dienone is 2. The number of hydrogen-bond acceptors (Lipinski definition) is 4.